The molecule has 0 aliphatic carbocycles. The van der Waals surface area contributed by atoms with Gasteiger partial charge >= 0.3 is 11.9 Å². The van der Waals surface area contributed by atoms with E-state index in [2.05, 4.69) is 19.9 Å². The lowest BCUT2D eigenvalue weighted by molar-refractivity contribution is -0.595. The summed E-state index contributed by atoms with van der Waals surface area (Å²) in [7, 11) is 3.00. The van der Waals surface area contributed by atoms with E-state index in [-0.39, 0.29) is 11.1 Å². The fraction of sp³-hybridized carbons (Fsp3) is 0.125. The van der Waals surface area contributed by atoms with Gasteiger partial charge in [-0.1, -0.05) is 0 Å². The van der Waals surface area contributed by atoms with Gasteiger partial charge in [0.1, 0.15) is 11.5 Å². The van der Waals surface area contributed by atoms with Crippen LogP contribution in [0.1, 0.15) is 20.7 Å². The first-order valence-electron chi connectivity index (χ1n) is 6.68. The van der Waals surface area contributed by atoms with Crippen LogP contribution in [0.2, 0.25) is 0 Å². The standard InChI is InChI=1S/C16H14O8/c1-19-13-7-3-11(4-8-13)15(17)21-23-24-22-16(18)12-5-9-14(20-2)10-6-12/h3-10H,1-2H3. The highest BCUT2D eigenvalue weighted by Gasteiger charge is 2.12. The lowest BCUT2D eigenvalue weighted by Crippen LogP contribution is -2.10. The molecule has 0 saturated heterocycles. The van der Waals surface area contributed by atoms with Gasteiger partial charge in [0.15, 0.2) is 0 Å². The van der Waals surface area contributed by atoms with Crippen molar-refractivity contribution in [3.63, 3.8) is 0 Å². The van der Waals surface area contributed by atoms with E-state index in [0.717, 1.165) is 0 Å². The van der Waals surface area contributed by atoms with Gasteiger partial charge in [-0.2, -0.15) is 0 Å². The van der Waals surface area contributed by atoms with E-state index in [9.17, 15) is 9.59 Å². The van der Waals surface area contributed by atoms with Crippen LogP contribution in [-0.4, -0.2) is 26.2 Å². The third-order valence-corrected chi connectivity index (χ3v) is 2.90. The molecule has 0 amide bonds. The van der Waals surface area contributed by atoms with Crippen molar-refractivity contribution in [2.75, 3.05) is 14.2 Å². The van der Waals surface area contributed by atoms with Gasteiger partial charge in [-0.3, -0.25) is 9.78 Å². The molecule has 0 fully saturated rings. The van der Waals surface area contributed by atoms with Crippen LogP contribution in [0.5, 0.6) is 11.5 Å². The summed E-state index contributed by atoms with van der Waals surface area (Å²) in [4.78, 5) is 31.9. The molecule has 0 atom stereocenters. The van der Waals surface area contributed by atoms with Crippen molar-refractivity contribution in [1.82, 2.24) is 0 Å². The fourth-order valence-corrected chi connectivity index (χ4v) is 1.64. The lowest BCUT2D eigenvalue weighted by atomic mass is 10.2. The summed E-state index contributed by atoms with van der Waals surface area (Å²) < 4.78 is 9.91. The van der Waals surface area contributed by atoms with E-state index >= 15 is 0 Å². The zero-order chi connectivity index (χ0) is 17.4. The van der Waals surface area contributed by atoms with Crippen LogP contribution in [-0.2, 0) is 19.9 Å². The number of methoxy groups -OCH3 is 2. The lowest BCUT2D eigenvalue weighted by Gasteiger charge is -2.04. The molecule has 0 saturated carbocycles. The summed E-state index contributed by atoms with van der Waals surface area (Å²) in [5.41, 5.74) is 0.391. The maximum Gasteiger partial charge on any atom is 0.376 e. The summed E-state index contributed by atoms with van der Waals surface area (Å²) in [6.07, 6.45) is 0. The molecule has 2 aromatic rings. The van der Waals surface area contributed by atoms with Gasteiger partial charge in [0, 0.05) is 10.1 Å². The Balaban J connectivity index is 1.74. The maximum atomic E-state index is 11.6. The SMILES string of the molecule is COc1ccc(C(=O)OOOOC(=O)c2ccc(OC)cc2)cc1. The zero-order valence-electron chi connectivity index (χ0n) is 12.9. The van der Waals surface area contributed by atoms with E-state index in [1.165, 1.54) is 38.5 Å². The number of carbonyl (C=O) groups is 2. The molecule has 2 aromatic carbocycles. The Morgan fingerprint density at radius 3 is 1.25 bits per heavy atom. The molecule has 8 nitrogen and oxygen atoms in total. The molecular weight excluding hydrogens is 320 g/mol. The van der Waals surface area contributed by atoms with Crippen LogP contribution in [0.3, 0.4) is 0 Å². The van der Waals surface area contributed by atoms with Crippen LogP contribution in [0.4, 0.5) is 0 Å². The van der Waals surface area contributed by atoms with Gasteiger partial charge in [-0.25, -0.2) is 9.59 Å². The van der Waals surface area contributed by atoms with Gasteiger partial charge in [-0.05, 0) is 48.5 Å². The van der Waals surface area contributed by atoms with E-state index < -0.39 is 11.9 Å². The van der Waals surface area contributed by atoms with E-state index in [4.69, 9.17) is 9.47 Å². The highest BCUT2D eigenvalue weighted by atomic mass is 17.7. The van der Waals surface area contributed by atoms with Crippen molar-refractivity contribution in [3.8, 4) is 11.5 Å². The Bertz CT molecular complexity index is 617. The van der Waals surface area contributed by atoms with Crippen molar-refractivity contribution < 1.29 is 38.9 Å². The van der Waals surface area contributed by atoms with E-state index in [1.807, 2.05) is 0 Å². The molecule has 2 rings (SSSR count). The Morgan fingerprint density at radius 2 is 0.958 bits per heavy atom. The van der Waals surface area contributed by atoms with Crippen LogP contribution in [0.25, 0.3) is 0 Å². The molecular formula is C16H14O8. The topological polar surface area (TPSA) is 89.5 Å². The third kappa shape index (κ3) is 4.70. The minimum atomic E-state index is -0.835. The van der Waals surface area contributed by atoms with Crippen molar-refractivity contribution in [1.29, 1.82) is 0 Å². The average molecular weight is 334 g/mol. The number of ether oxygens (including phenoxy) is 2. The summed E-state index contributed by atoms with van der Waals surface area (Å²) in [5, 5.41) is 8.19. The highest BCUT2D eigenvalue weighted by molar-refractivity contribution is 5.89. The summed E-state index contributed by atoms with van der Waals surface area (Å²) in [6.45, 7) is 0. The average Bonchev–Trinajstić information content (AvgIpc) is 2.65. The van der Waals surface area contributed by atoms with Crippen LogP contribution < -0.4 is 9.47 Å². The van der Waals surface area contributed by atoms with Gasteiger partial charge in [0.25, 0.3) is 0 Å². The molecule has 0 unspecified atom stereocenters. The summed E-state index contributed by atoms with van der Waals surface area (Å²) >= 11 is 0. The molecule has 0 aromatic heterocycles. The maximum absolute atomic E-state index is 11.6. The smallest absolute Gasteiger partial charge is 0.376 e. The molecule has 0 bridgehead atoms. The fourth-order valence-electron chi connectivity index (χ4n) is 1.64. The second-order valence-corrected chi connectivity index (χ2v) is 4.33. The van der Waals surface area contributed by atoms with E-state index in [0.29, 0.717) is 11.5 Å². The molecule has 0 aliphatic heterocycles. The number of carbonyl (C=O) groups excluding carboxylic acids is 2. The highest BCUT2D eigenvalue weighted by Crippen LogP contribution is 2.13. The van der Waals surface area contributed by atoms with Crippen molar-refractivity contribution in [3.05, 3.63) is 59.7 Å². The van der Waals surface area contributed by atoms with Crippen molar-refractivity contribution in [2.24, 2.45) is 0 Å². The molecule has 0 heterocycles. The molecule has 0 N–H and O–H groups in total. The molecule has 0 aliphatic rings. The van der Waals surface area contributed by atoms with Crippen LogP contribution >= 0.6 is 0 Å². The first-order valence-corrected chi connectivity index (χ1v) is 6.68. The van der Waals surface area contributed by atoms with Crippen molar-refractivity contribution in [2.45, 2.75) is 0 Å². The summed E-state index contributed by atoms with van der Waals surface area (Å²) in [5.74, 6) is -0.509. The van der Waals surface area contributed by atoms with Crippen molar-refractivity contribution >= 4 is 11.9 Å². The first-order chi connectivity index (χ1) is 11.6. The Kier molecular flexibility index (Phi) is 6.12. The quantitative estimate of drug-likeness (QED) is 0.433. The largest absolute Gasteiger partial charge is 0.497 e. The number of benzene rings is 2. The third-order valence-electron chi connectivity index (χ3n) is 2.90. The molecule has 126 valence electrons. The molecule has 24 heavy (non-hydrogen) atoms. The van der Waals surface area contributed by atoms with E-state index in [1.54, 1.807) is 24.3 Å². The van der Waals surface area contributed by atoms with Crippen LogP contribution in [0.15, 0.2) is 48.5 Å². The minimum Gasteiger partial charge on any atom is -0.497 e. The van der Waals surface area contributed by atoms with Crippen LogP contribution in [0, 0.1) is 0 Å². The summed E-state index contributed by atoms with van der Waals surface area (Å²) in [6, 6.07) is 12.1. The molecule has 0 spiro atoms. The Labute approximate surface area is 137 Å². The van der Waals surface area contributed by atoms with Gasteiger partial charge in [-0.15, -0.1) is 0 Å². The number of rotatable bonds is 7. The monoisotopic (exact) mass is 334 g/mol. The molecule has 0 radical (unpaired) electrons. The second-order valence-electron chi connectivity index (χ2n) is 4.33. The zero-order valence-corrected chi connectivity index (χ0v) is 12.9. The second kappa shape index (κ2) is 8.51. The Morgan fingerprint density at radius 1 is 0.625 bits per heavy atom. The Hall–Kier alpha value is -3.10. The predicted octanol–water partition coefficient (Wildman–Crippen LogP) is 2.50. The first kappa shape index (κ1) is 17.3. The normalized spacial score (nSPS) is 9.92. The van der Waals surface area contributed by atoms with Gasteiger partial charge in [0.2, 0.25) is 0 Å². The predicted molar refractivity (Wildman–Crippen MR) is 79.0 cm³/mol. The molecule has 8 heteroatoms. The number of hydrogen-bond donors (Lipinski definition) is 0. The number of hydrogen-bond acceptors (Lipinski definition) is 8. The minimum absolute atomic E-state index is 0.195. The van der Waals surface area contributed by atoms with Gasteiger partial charge in [0.05, 0.1) is 25.3 Å². The van der Waals surface area contributed by atoms with Gasteiger partial charge < -0.3 is 9.47 Å².